The summed E-state index contributed by atoms with van der Waals surface area (Å²) in [6, 6.07) is 14.6. The maximum absolute atomic E-state index is 12.9. The summed E-state index contributed by atoms with van der Waals surface area (Å²) in [5.74, 6) is 0.349. The lowest BCUT2D eigenvalue weighted by atomic mass is 10.0. The minimum absolute atomic E-state index is 0.151. The maximum Gasteiger partial charge on any atom is 0.169 e. The summed E-state index contributed by atoms with van der Waals surface area (Å²) >= 11 is 3.57. The Bertz CT molecular complexity index is 1100. The van der Waals surface area contributed by atoms with Gasteiger partial charge in [0.1, 0.15) is 0 Å². The van der Waals surface area contributed by atoms with Gasteiger partial charge in [0.15, 0.2) is 5.78 Å². The van der Waals surface area contributed by atoms with Crippen molar-refractivity contribution in [1.29, 1.82) is 0 Å². The van der Waals surface area contributed by atoms with Gasteiger partial charge in [-0.15, -0.1) is 0 Å². The molecule has 0 atom stereocenters. The number of hydrogen-bond acceptors (Lipinski definition) is 5. The third kappa shape index (κ3) is 4.66. The van der Waals surface area contributed by atoms with Crippen LogP contribution in [0.5, 0.6) is 0 Å². The summed E-state index contributed by atoms with van der Waals surface area (Å²) in [4.78, 5) is 22.4. The van der Waals surface area contributed by atoms with Crippen molar-refractivity contribution in [3.05, 3.63) is 64.3 Å². The fourth-order valence-corrected chi connectivity index (χ4v) is 4.51. The Morgan fingerprint density at radius 2 is 1.84 bits per heavy atom. The third-order valence-electron chi connectivity index (χ3n) is 6.27. The van der Waals surface area contributed by atoms with Gasteiger partial charge in [0.05, 0.1) is 16.8 Å². The minimum atomic E-state index is 0.151. The number of benzene rings is 2. The molecule has 0 bridgehead atoms. The number of pyridine rings is 1. The quantitative estimate of drug-likeness (QED) is 0.500. The zero-order valence-electron chi connectivity index (χ0n) is 17.8. The van der Waals surface area contributed by atoms with E-state index in [0.29, 0.717) is 5.56 Å². The Morgan fingerprint density at radius 1 is 1.10 bits per heavy atom. The van der Waals surface area contributed by atoms with Crippen LogP contribution in [-0.2, 0) is 6.54 Å². The lowest BCUT2D eigenvalue weighted by molar-refractivity contribution is 0.0968. The normalized spacial score (nSPS) is 17.7. The number of ketones is 1. The average molecular weight is 479 g/mol. The van der Waals surface area contributed by atoms with Gasteiger partial charge in [-0.25, -0.2) is 0 Å². The number of likely N-dealkylation sites (N-methyl/N-ethyl adjacent to an activating group) is 1. The summed E-state index contributed by atoms with van der Waals surface area (Å²) in [5, 5.41) is 4.50. The summed E-state index contributed by atoms with van der Waals surface area (Å²) in [6.45, 7) is 5.46. The largest absolute Gasteiger partial charge is 0.354 e. The highest BCUT2D eigenvalue weighted by molar-refractivity contribution is 9.10. The number of nitrogens with one attached hydrogen (secondary N) is 1. The lowest BCUT2D eigenvalue weighted by Gasteiger charge is -2.32. The summed E-state index contributed by atoms with van der Waals surface area (Å²) < 4.78 is 0.975. The van der Waals surface area contributed by atoms with Crippen LogP contribution < -0.4 is 5.32 Å². The number of carbonyl (C=O) groups excluding carboxylic acids is 1. The van der Waals surface area contributed by atoms with Gasteiger partial charge >= 0.3 is 0 Å². The maximum atomic E-state index is 12.9. The highest BCUT2D eigenvalue weighted by Gasteiger charge is 2.32. The van der Waals surface area contributed by atoms with E-state index in [1.807, 2.05) is 18.2 Å². The molecule has 3 aromatic rings. The first-order chi connectivity index (χ1) is 15.1. The molecule has 0 spiro atoms. The Hall–Kier alpha value is -2.28. The molecule has 2 fully saturated rings. The van der Waals surface area contributed by atoms with E-state index in [-0.39, 0.29) is 11.7 Å². The van der Waals surface area contributed by atoms with E-state index >= 15 is 0 Å². The molecule has 1 saturated heterocycles. The highest BCUT2D eigenvalue weighted by atomic mass is 79.9. The SMILES string of the molecule is CN1CCN(Cc2ccc(Nc3c(C(=O)C4CC4)cnc4ccc(Br)cc34)cc2)CC1. The fraction of sp³-hybridized carbons (Fsp3) is 0.360. The van der Waals surface area contributed by atoms with E-state index in [4.69, 9.17) is 0 Å². The van der Waals surface area contributed by atoms with Gasteiger partial charge in [0.25, 0.3) is 0 Å². The molecule has 1 aliphatic carbocycles. The second-order valence-corrected chi connectivity index (χ2v) is 9.66. The Labute approximate surface area is 191 Å². The summed E-state index contributed by atoms with van der Waals surface area (Å²) in [5.41, 5.74) is 4.72. The Kier molecular flexibility index (Phi) is 5.78. The van der Waals surface area contributed by atoms with Crippen LogP contribution in [0.4, 0.5) is 11.4 Å². The van der Waals surface area contributed by atoms with Crippen molar-refractivity contribution in [2.24, 2.45) is 5.92 Å². The predicted octanol–water partition coefficient (Wildman–Crippen LogP) is 5.08. The molecule has 31 heavy (non-hydrogen) atoms. The molecule has 5 nitrogen and oxygen atoms in total. The number of Topliss-reactive ketones (excluding diaryl/α,β-unsaturated/α-hetero) is 1. The van der Waals surface area contributed by atoms with Gasteiger partial charge in [0.2, 0.25) is 0 Å². The number of halogens is 1. The van der Waals surface area contributed by atoms with E-state index in [1.54, 1.807) is 6.20 Å². The van der Waals surface area contributed by atoms with Crippen LogP contribution in [0.15, 0.2) is 53.1 Å². The molecule has 5 rings (SSSR count). The number of aromatic nitrogens is 1. The van der Waals surface area contributed by atoms with Crippen molar-refractivity contribution in [3.8, 4) is 0 Å². The smallest absolute Gasteiger partial charge is 0.169 e. The number of rotatable bonds is 6. The molecule has 0 unspecified atom stereocenters. The van der Waals surface area contributed by atoms with E-state index < -0.39 is 0 Å². The van der Waals surface area contributed by atoms with Gasteiger partial charge in [-0.2, -0.15) is 0 Å². The first-order valence-electron chi connectivity index (χ1n) is 11.0. The van der Waals surface area contributed by atoms with E-state index in [0.717, 1.165) is 72.3 Å². The third-order valence-corrected chi connectivity index (χ3v) is 6.76. The average Bonchev–Trinajstić information content (AvgIpc) is 3.62. The second-order valence-electron chi connectivity index (χ2n) is 8.75. The second kappa shape index (κ2) is 8.69. The molecule has 0 radical (unpaired) electrons. The Balaban J connectivity index is 1.41. The van der Waals surface area contributed by atoms with Crippen LogP contribution in [0, 0.1) is 5.92 Å². The fourth-order valence-electron chi connectivity index (χ4n) is 4.15. The summed E-state index contributed by atoms with van der Waals surface area (Å²) in [7, 11) is 2.18. The number of carbonyl (C=O) groups is 1. The molecule has 2 aromatic carbocycles. The topological polar surface area (TPSA) is 48.5 Å². The number of hydrogen-bond donors (Lipinski definition) is 1. The summed E-state index contributed by atoms with van der Waals surface area (Å²) in [6.07, 6.45) is 3.70. The molecule has 1 aliphatic heterocycles. The first kappa shape index (κ1) is 20.6. The lowest BCUT2D eigenvalue weighted by Crippen LogP contribution is -2.43. The molecule has 1 aromatic heterocycles. The molecule has 1 saturated carbocycles. The van der Waals surface area contributed by atoms with Crippen molar-refractivity contribution in [2.75, 3.05) is 38.5 Å². The van der Waals surface area contributed by atoms with Crippen molar-refractivity contribution in [1.82, 2.24) is 14.8 Å². The molecular formula is C25H27BrN4O. The molecule has 6 heteroatoms. The van der Waals surface area contributed by atoms with Crippen LogP contribution in [0.1, 0.15) is 28.8 Å². The van der Waals surface area contributed by atoms with Crippen molar-refractivity contribution in [2.45, 2.75) is 19.4 Å². The van der Waals surface area contributed by atoms with Gasteiger partial charge in [0, 0.05) is 60.4 Å². The van der Waals surface area contributed by atoms with Crippen LogP contribution in [-0.4, -0.2) is 53.8 Å². The van der Waals surface area contributed by atoms with Crippen molar-refractivity contribution < 1.29 is 4.79 Å². The number of fused-ring (bicyclic) bond motifs is 1. The molecule has 160 valence electrons. The van der Waals surface area contributed by atoms with Crippen LogP contribution in [0.3, 0.4) is 0 Å². The first-order valence-corrected chi connectivity index (χ1v) is 11.8. The minimum Gasteiger partial charge on any atom is -0.354 e. The van der Waals surface area contributed by atoms with Crippen LogP contribution in [0.25, 0.3) is 10.9 Å². The van der Waals surface area contributed by atoms with E-state index in [1.165, 1.54) is 5.56 Å². The predicted molar refractivity (Wildman–Crippen MR) is 129 cm³/mol. The Morgan fingerprint density at radius 3 is 2.55 bits per heavy atom. The van der Waals surface area contributed by atoms with E-state index in [2.05, 4.69) is 67.3 Å². The monoisotopic (exact) mass is 478 g/mol. The van der Waals surface area contributed by atoms with Gasteiger partial charge in [-0.3, -0.25) is 14.7 Å². The number of nitrogens with zero attached hydrogens (tertiary/aromatic N) is 3. The van der Waals surface area contributed by atoms with Gasteiger partial charge in [-0.05, 0) is 55.8 Å². The zero-order chi connectivity index (χ0) is 21.4. The van der Waals surface area contributed by atoms with Crippen molar-refractivity contribution in [3.63, 3.8) is 0 Å². The van der Waals surface area contributed by atoms with Gasteiger partial charge in [-0.1, -0.05) is 28.1 Å². The highest BCUT2D eigenvalue weighted by Crippen LogP contribution is 2.38. The number of piperazine rings is 1. The van der Waals surface area contributed by atoms with Crippen molar-refractivity contribution >= 4 is 44.0 Å². The zero-order valence-corrected chi connectivity index (χ0v) is 19.4. The van der Waals surface area contributed by atoms with Crippen LogP contribution in [0.2, 0.25) is 0 Å². The molecule has 2 aliphatic rings. The number of anilines is 2. The molecular weight excluding hydrogens is 452 g/mol. The van der Waals surface area contributed by atoms with Gasteiger partial charge < -0.3 is 10.2 Å². The molecule has 2 heterocycles. The molecule has 1 N–H and O–H groups in total. The standard InChI is InChI=1S/C25H27BrN4O/c1-29-10-12-30(13-11-29)16-17-2-7-20(8-3-17)28-24-21-14-19(26)6-9-23(21)27-15-22(24)25(31)18-4-5-18/h2-3,6-9,14-15,18H,4-5,10-13,16H2,1H3,(H,27,28). The van der Waals surface area contributed by atoms with E-state index in [9.17, 15) is 4.79 Å². The van der Waals surface area contributed by atoms with Crippen LogP contribution >= 0.6 is 15.9 Å². The molecule has 0 amide bonds.